The Bertz CT molecular complexity index is 615. The third kappa shape index (κ3) is 6.36. The van der Waals surface area contributed by atoms with Crippen molar-refractivity contribution in [2.45, 2.75) is 57.5 Å². The van der Waals surface area contributed by atoms with Crippen molar-refractivity contribution in [2.24, 2.45) is 10.9 Å². The maximum atomic E-state index is 4.66. The first-order valence-corrected chi connectivity index (χ1v) is 11.0. The van der Waals surface area contributed by atoms with E-state index >= 15 is 0 Å². The van der Waals surface area contributed by atoms with Crippen molar-refractivity contribution in [3.8, 4) is 0 Å². The fourth-order valence-electron chi connectivity index (χ4n) is 4.37. The Morgan fingerprint density at radius 3 is 2.57 bits per heavy atom. The molecule has 1 aromatic rings. The molecule has 2 aliphatic rings. The van der Waals surface area contributed by atoms with Crippen LogP contribution in [0.1, 0.15) is 50.6 Å². The second kappa shape index (κ2) is 10.6. The summed E-state index contributed by atoms with van der Waals surface area (Å²) in [6, 6.07) is 6.64. The van der Waals surface area contributed by atoms with Gasteiger partial charge in [0, 0.05) is 46.8 Å². The molecule has 156 valence electrons. The number of piperidine rings is 1. The second-order valence-corrected chi connectivity index (χ2v) is 8.53. The van der Waals surface area contributed by atoms with E-state index in [0.29, 0.717) is 12.6 Å². The molecule has 1 aliphatic heterocycles. The van der Waals surface area contributed by atoms with Crippen LogP contribution in [0, 0.1) is 5.92 Å². The van der Waals surface area contributed by atoms with Crippen molar-refractivity contribution in [3.63, 3.8) is 0 Å². The molecule has 0 spiro atoms. The third-order valence-electron chi connectivity index (χ3n) is 6.08. The molecule has 1 saturated carbocycles. The monoisotopic (exact) mass is 386 g/mol. The lowest BCUT2D eigenvalue weighted by molar-refractivity contribution is 0.160. The summed E-state index contributed by atoms with van der Waals surface area (Å²) in [6.45, 7) is 4.41. The van der Waals surface area contributed by atoms with Gasteiger partial charge in [0.25, 0.3) is 0 Å². The van der Waals surface area contributed by atoms with Gasteiger partial charge in [-0.3, -0.25) is 4.99 Å². The highest BCUT2D eigenvalue weighted by Gasteiger charge is 2.23. The average molecular weight is 387 g/mol. The number of hydrogen-bond acceptors (Lipinski definition) is 4. The van der Waals surface area contributed by atoms with Crippen molar-refractivity contribution < 1.29 is 0 Å². The molecule has 1 aromatic heterocycles. The van der Waals surface area contributed by atoms with Gasteiger partial charge < -0.3 is 20.4 Å². The number of aliphatic imine (C=N–C) groups is 1. The van der Waals surface area contributed by atoms with Gasteiger partial charge in [0.1, 0.15) is 5.82 Å². The first kappa shape index (κ1) is 20.9. The Hall–Kier alpha value is -1.82. The van der Waals surface area contributed by atoms with Crippen LogP contribution in [0.25, 0.3) is 0 Å². The highest BCUT2D eigenvalue weighted by atomic mass is 15.2. The number of hydrogen-bond donors (Lipinski definition) is 2. The zero-order valence-electron chi connectivity index (χ0n) is 18.0. The highest BCUT2D eigenvalue weighted by Crippen LogP contribution is 2.25. The quantitative estimate of drug-likeness (QED) is 0.582. The molecule has 3 rings (SSSR count). The number of anilines is 1. The Kier molecular flexibility index (Phi) is 7.95. The molecule has 0 aromatic carbocycles. The fourth-order valence-corrected chi connectivity index (χ4v) is 4.37. The minimum absolute atomic E-state index is 0.509. The molecule has 0 bridgehead atoms. The molecular formula is C22H38N6. The van der Waals surface area contributed by atoms with E-state index in [0.717, 1.165) is 23.4 Å². The summed E-state index contributed by atoms with van der Waals surface area (Å²) in [4.78, 5) is 13.8. The predicted octanol–water partition coefficient (Wildman–Crippen LogP) is 2.86. The van der Waals surface area contributed by atoms with Gasteiger partial charge in [0.15, 0.2) is 5.96 Å². The summed E-state index contributed by atoms with van der Waals surface area (Å²) < 4.78 is 0. The Balaban J connectivity index is 1.40. The van der Waals surface area contributed by atoms with Gasteiger partial charge in [0.2, 0.25) is 0 Å². The van der Waals surface area contributed by atoms with Crippen molar-refractivity contribution in [3.05, 3.63) is 23.9 Å². The second-order valence-electron chi connectivity index (χ2n) is 8.53. The molecule has 0 unspecified atom stereocenters. The fraction of sp³-hybridized carbons (Fsp3) is 0.727. The SMILES string of the molecule is CN=C(NCc1cccc(N(C)C)n1)NC1CCN(CC2CCCCC2)CC1. The summed E-state index contributed by atoms with van der Waals surface area (Å²) in [5.74, 6) is 2.80. The summed E-state index contributed by atoms with van der Waals surface area (Å²) in [5, 5.41) is 7.03. The number of guanidine groups is 1. The average Bonchev–Trinajstić information content (AvgIpc) is 2.73. The highest BCUT2D eigenvalue weighted by molar-refractivity contribution is 5.79. The zero-order valence-corrected chi connectivity index (χ0v) is 18.0. The van der Waals surface area contributed by atoms with Crippen molar-refractivity contribution in [1.82, 2.24) is 20.5 Å². The van der Waals surface area contributed by atoms with Crippen LogP contribution in [-0.2, 0) is 6.54 Å². The first-order chi connectivity index (χ1) is 13.6. The lowest BCUT2D eigenvalue weighted by Crippen LogP contribution is -2.49. The molecule has 0 amide bonds. The molecule has 0 radical (unpaired) electrons. The van der Waals surface area contributed by atoms with Crippen LogP contribution in [0.4, 0.5) is 5.82 Å². The van der Waals surface area contributed by atoms with Crippen LogP contribution in [0.15, 0.2) is 23.2 Å². The molecule has 6 heteroatoms. The molecule has 0 atom stereocenters. The summed E-state index contributed by atoms with van der Waals surface area (Å²) >= 11 is 0. The van der Waals surface area contributed by atoms with Crippen LogP contribution in [0.3, 0.4) is 0 Å². The molecule has 1 aliphatic carbocycles. The maximum absolute atomic E-state index is 4.66. The Labute approximate surface area is 170 Å². The molecule has 2 heterocycles. The first-order valence-electron chi connectivity index (χ1n) is 11.0. The maximum Gasteiger partial charge on any atom is 0.191 e. The van der Waals surface area contributed by atoms with Crippen LogP contribution in [0.2, 0.25) is 0 Å². The van der Waals surface area contributed by atoms with Crippen LogP contribution in [0.5, 0.6) is 0 Å². The standard InChI is InChI=1S/C22H38N6/c1-23-22(24-16-20-10-7-11-21(25-20)27(2)3)26-19-12-14-28(15-13-19)17-18-8-5-4-6-9-18/h7,10-11,18-19H,4-6,8-9,12-17H2,1-3H3,(H2,23,24,26). The van der Waals surface area contributed by atoms with E-state index in [1.807, 2.05) is 32.1 Å². The number of likely N-dealkylation sites (tertiary alicyclic amines) is 1. The largest absolute Gasteiger partial charge is 0.363 e. The molecule has 1 saturated heterocycles. The topological polar surface area (TPSA) is 55.8 Å². The van der Waals surface area contributed by atoms with E-state index in [9.17, 15) is 0 Å². The number of rotatable bonds is 6. The molecule has 6 nitrogen and oxygen atoms in total. The summed E-state index contributed by atoms with van der Waals surface area (Å²) in [7, 11) is 5.87. The van der Waals surface area contributed by atoms with E-state index in [4.69, 9.17) is 0 Å². The lowest BCUT2D eigenvalue weighted by atomic mass is 9.88. The van der Waals surface area contributed by atoms with Gasteiger partial charge in [-0.05, 0) is 43.7 Å². The van der Waals surface area contributed by atoms with Crippen molar-refractivity contribution in [2.75, 3.05) is 45.7 Å². The summed E-state index contributed by atoms with van der Waals surface area (Å²) in [6.07, 6.45) is 9.61. The van der Waals surface area contributed by atoms with Gasteiger partial charge in [-0.1, -0.05) is 25.3 Å². The predicted molar refractivity (Wildman–Crippen MR) is 118 cm³/mol. The lowest BCUT2D eigenvalue weighted by Gasteiger charge is -2.36. The van der Waals surface area contributed by atoms with Crippen LogP contribution in [-0.4, -0.2) is 62.7 Å². The minimum atomic E-state index is 0.509. The molecule has 2 N–H and O–H groups in total. The smallest absolute Gasteiger partial charge is 0.191 e. The van der Waals surface area contributed by atoms with E-state index in [1.54, 1.807) is 0 Å². The Morgan fingerprint density at radius 2 is 1.89 bits per heavy atom. The van der Waals surface area contributed by atoms with Gasteiger partial charge in [0.05, 0.1) is 12.2 Å². The van der Waals surface area contributed by atoms with Crippen molar-refractivity contribution >= 4 is 11.8 Å². The van der Waals surface area contributed by atoms with E-state index in [1.165, 1.54) is 64.6 Å². The zero-order chi connectivity index (χ0) is 19.8. The number of pyridine rings is 1. The van der Waals surface area contributed by atoms with E-state index in [2.05, 4.69) is 37.6 Å². The Morgan fingerprint density at radius 1 is 1.14 bits per heavy atom. The number of aromatic nitrogens is 1. The molecule has 28 heavy (non-hydrogen) atoms. The summed E-state index contributed by atoms with van der Waals surface area (Å²) in [5.41, 5.74) is 1.02. The van der Waals surface area contributed by atoms with E-state index < -0.39 is 0 Å². The third-order valence-corrected chi connectivity index (χ3v) is 6.08. The molecular weight excluding hydrogens is 348 g/mol. The molecule has 2 fully saturated rings. The van der Waals surface area contributed by atoms with Gasteiger partial charge in [-0.2, -0.15) is 0 Å². The van der Waals surface area contributed by atoms with Gasteiger partial charge in [-0.15, -0.1) is 0 Å². The van der Waals surface area contributed by atoms with Gasteiger partial charge >= 0.3 is 0 Å². The van der Waals surface area contributed by atoms with Gasteiger partial charge in [-0.25, -0.2) is 4.98 Å². The minimum Gasteiger partial charge on any atom is -0.363 e. The normalized spacial score (nSPS) is 20.2. The van der Waals surface area contributed by atoms with Crippen molar-refractivity contribution in [1.29, 1.82) is 0 Å². The number of nitrogens with zero attached hydrogens (tertiary/aromatic N) is 4. The van der Waals surface area contributed by atoms with Crippen LogP contribution >= 0.6 is 0 Å². The number of nitrogens with one attached hydrogen (secondary N) is 2. The van der Waals surface area contributed by atoms with E-state index in [-0.39, 0.29) is 0 Å². The van der Waals surface area contributed by atoms with Crippen LogP contribution < -0.4 is 15.5 Å².